The highest BCUT2D eigenvalue weighted by atomic mass is 32.1. The Morgan fingerprint density at radius 1 is 1.40 bits per heavy atom. The van der Waals surface area contributed by atoms with E-state index in [-0.39, 0.29) is 0 Å². The van der Waals surface area contributed by atoms with Crippen molar-refractivity contribution in [1.82, 2.24) is 19.9 Å². The lowest BCUT2D eigenvalue weighted by Gasteiger charge is -2.27. The predicted molar refractivity (Wildman–Crippen MR) is 82.1 cm³/mol. The fourth-order valence-electron chi connectivity index (χ4n) is 2.42. The van der Waals surface area contributed by atoms with Crippen molar-refractivity contribution < 1.29 is 0 Å². The van der Waals surface area contributed by atoms with Crippen molar-refractivity contribution in [3.05, 3.63) is 29.3 Å². The molecule has 1 N–H and O–H groups in total. The third kappa shape index (κ3) is 2.71. The second kappa shape index (κ2) is 5.93. The molecule has 20 heavy (non-hydrogen) atoms. The zero-order valence-electron chi connectivity index (χ0n) is 12.0. The van der Waals surface area contributed by atoms with E-state index in [4.69, 9.17) is 0 Å². The van der Waals surface area contributed by atoms with Crippen LogP contribution in [0, 0.1) is 0 Å². The Hall–Kier alpha value is -1.40. The van der Waals surface area contributed by atoms with Gasteiger partial charge in [0, 0.05) is 42.6 Å². The number of nitrogens with one attached hydrogen (secondary N) is 1. The summed E-state index contributed by atoms with van der Waals surface area (Å²) in [7, 11) is 0. The molecule has 1 aliphatic heterocycles. The van der Waals surface area contributed by atoms with Crippen LogP contribution < -0.4 is 10.2 Å². The average molecular weight is 291 g/mol. The summed E-state index contributed by atoms with van der Waals surface area (Å²) in [5, 5.41) is 4.62. The highest BCUT2D eigenvalue weighted by Gasteiger charge is 2.20. The van der Waals surface area contributed by atoms with Gasteiger partial charge in [0.15, 0.2) is 5.13 Å². The van der Waals surface area contributed by atoms with Gasteiger partial charge in [-0.25, -0.2) is 9.97 Å². The van der Waals surface area contributed by atoms with Crippen molar-refractivity contribution in [3.63, 3.8) is 0 Å². The number of thiazole rings is 1. The first-order valence-corrected chi connectivity index (χ1v) is 8.03. The molecule has 1 atom stereocenters. The molecule has 2 aromatic rings. The number of rotatable bonds is 5. The number of hydrogen-bond donors (Lipinski definition) is 1. The van der Waals surface area contributed by atoms with E-state index in [1.54, 1.807) is 11.3 Å². The maximum absolute atomic E-state index is 4.59. The smallest absolute Gasteiger partial charge is 0.186 e. The predicted octanol–water partition coefficient (Wildman–Crippen LogP) is 2.42. The molecular weight excluding hydrogens is 270 g/mol. The molecule has 0 aromatic carbocycles. The van der Waals surface area contributed by atoms with Crippen molar-refractivity contribution in [2.45, 2.75) is 39.4 Å². The summed E-state index contributed by atoms with van der Waals surface area (Å²) in [4.78, 5) is 12.6. The zero-order valence-corrected chi connectivity index (χ0v) is 12.9. The molecule has 0 amide bonds. The maximum atomic E-state index is 4.59. The van der Waals surface area contributed by atoms with E-state index in [1.807, 2.05) is 12.4 Å². The van der Waals surface area contributed by atoms with E-state index in [1.165, 1.54) is 4.88 Å². The van der Waals surface area contributed by atoms with E-state index in [0.29, 0.717) is 6.04 Å². The van der Waals surface area contributed by atoms with Crippen LogP contribution in [0.25, 0.3) is 0 Å². The van der Waals surface area contributed by atoms with E-state index >= 15 is 0 Å². The number of fused-ring (bicyclic) bond motifs is 1. The second-order valence-corrected chi connectivity index (χ2v) is 6.22. The van der Waals surface area contributed by atoms with E-state index in [2.05, 4.69) is 44.8 Å². The Morgan fingerprint density at radius 3 is 3.15 bits per heavy atom. The van der Waals surface area contributed by atoms with E-state index < -0.39 is 0 Å². The monoisotopic (exact) mass is 291 g/mol. The van der Waals surface area contributed by atoms with Crippen LogP contribution in [0.3, 0.4) is 0 Å². The Kier molecular flexibility index (Phi) is 4.03. The third-order valence-corrected chi connectivity index (χ3v) is 4.89. The molecule has 3 heterocycles. The van der Waals surface area contributed by atoms with Gasteiger partial charge in [0.1, 0.15) is 5.82 Å². The molecule has 3 rings (SSSR count). The summed E-state index contributed by atoms with van der Waals surface area (Å²) in [6.45, 7) is 8.30. The molecule has 1 unspecified atom stereocenters. The summed E-state index contributed by atoms with van der Waals surface area (Å²) in [5.74, 6) is 1.13. The standard InChI is InChI=1S/C14H21N5S/c1-3-4-15-11(2)12-9-17-14(20-12)19-8-7-18-6-5-16-13(18)10-19/h5-6,9,11,15H,3-4,7-8,10H2,1-2H3. The topological polar surface area (TPSA) is 46.0 Å². The molecule has 0 fully saturated rings. The minimum Gasteiger partial charge on any atom is -0.339 e. The second-order valence-electron chi connectivity index (χ2n) is 5.18. The van der Waals surface area contributed by atoms with Crippen LogP contribution >= 0.6 is 11.3 Å². The largest absolute Gasteiger partial charge is 0.339 e. The van der Waals surface area contributed by atoms with Gasteiger partial charge in [0.25, 0.3) is 0 Å². The molecule has 0 radical (unpaired) electrons. The third-order valence-electron chi connectivity index (χ3n) is 3.65. The summed E-state index contributed by atoms with van der Waals surface area (Å²) in [6.07, 6.45) is 7.10. The van der Waals surface area contributed by atoms with Crippen molar-refractivity contribution >= 4 is 16.5 Å². The number of hydrogen-bond acceptors (Lipinski definition) is 5. The molecule has 0 bridgehead atoms. The first kappa shape index (κ1) is 13.6. The van der Waals surface area contributed by atoms with Gasteiger partial charge in [0.2, 0.25) is 0 Å². The number of anilines is 1. The molecule has 1 aliphatic rings. The van der Waals surface area contributed by atoms with E-state index in [0.717, 1.165) is 43.6 Å². The summed E-state index contributed by atoms with van der Waals surface area (Å²) < 4.78 is 2.22. The quantitative estimate of drug-likeness (QED) is 0.919. The fraction of sp³-hybridized carbons (Fsp3) is 0.571. The normalized spacial score (nSPS) is 16.2. The van der Waals surface area contributed by atoms with Gasteiger partial charge in [0.05, 0.1) is 6.54 Å². The van der Waals surface area contributed by atoms with Gasteiger partial charge in [-0.2, -0.15) is 0 Å². The van der Waals surface area contributed by atoms with E-state index in [9.17, 15) is 0 Å². The summed E-state index contributed by atoms with van der Waals surface area (Å²) >= 11 is 1.79. The molecular formula is C14H21N5S. The van der Waals surface area contributed by atoms with Crippen LogP contribution in [0.5, 0.6) is 0 Å². The lowest BCUT2D eigenvalue weighted by atomic mass is 10.3. The molecule has 2 aromatic heterocycles. The number of nitrogens with zero attached hydrogens (tertiary/aromatic N) is 4. The molecule has 0 saturated heterocycles. The Labute approximate surface area is 123 Å². The van der Waals surface area contributed by atoms with Crippen LogP contribution in [0.1, 0.15) is 37.0 Å². The first-order chi connectivity index (χ1) is 9.78. The van der Waals surface area contributed by atoms with Crippen LogP contribution in [-0.4, -0.2) is 27.6 Å². The highest BCUT2D eigenvalue weighted by molar-refractivity contribution is 7.15. The summed E-state index contributed by atoms with van der Waals surface area (Å²) in [6, 6.07) is 0.382. The molecule has 108 valence electrons. The maximum Gasteiger partial charge on any atom is 0.186 e. The molecule has 0 spiro atoms. The Balaban J connectivity index is 1.68. The minimum atomic E-state index is 0.382. The van der Waals surface area contributed by atoms with Gasteiger partial charge in [-0.15, -0.1) is 11.3 Å². The lowest BCUT2D eigenvalue weighted by molar-refractivity contribution is 0.559. The first-order valence-electron chi connectivity index (χ1n) is 7.22. The average Bonchev–Trinajstić information content (AvgIpc) is 3.12. The molecule has 0 aliphatic carbocycles. The summed E-state index contributed by atoms with van der Waals surface area (Å²) in [5.41, 5.74) is 0. The van der Waals surface area contributed by atoms with Gasteiger partial charge >= 0.3 is 0 Å². The molecule has 5 nitrogen and oxygen atoms in total. The number of aromatic nitrogens is 3. The van der Waals surface area contributed by atoms with Gasteiger partial charge in [-0.3, -0.25) is 0 Å². The van der Waals surface area contributed by atoms with Crippen LogP contribution in [-0.2, 0) is 13.1 Å². The lowest BCUT2D eigenvalue weighted by Crippen LogP contribution is -2.33. The van der Waals surface area contributed by atoms with Gasteiger partial charge in [-0.05, 0) is 19.9 Å². The van der Waals surface area contributed by atoms with Crippen molar-refractivity contribution in [2.75, 3.05) is 18.0 Å². The minimum absolute atomic E-state index is 0.382. The zero-order chi connectivity index (χ0) is 13.9. The highest BCUT2D eigenvalue weighted by Crippen LogP contribution is 2.29. The van der Waals surface area contributed by atoms with Crippen LogP contribution in [0.4, 0.5) is 5.13 Å². The Morgan fingerprint density at radius 2 is 2.30 bits per heavy atom. The molecule has 6 heteroatoms. The van der Waals surface area contributed by atoms with Gasteiger partial charge in [-0.1, -0.05) is 6.92 Å². The van der Waals surface area contributed by atoms with Crippen molar-refractivity contribution in [3.8, 4) is 0 Å². The van der Waals surface area contributed by atoms with Gasteiger partial charge < -0.3 is 14.8 Å². The van der Waals surface area contributed by atoms with Crippen molar-refractivity contribution in [2.24, 2.45) is 0 Å². The van der Waals surface area contributed by atoms with Crippen LogP contribution in [0.2, 0.25) is 0 Å². The van der Waals surface area contributed by atoms with Crippen molar-refractivity contribution in [1.29, 1.82) is 0 Å². The fourth-order valence-corrected chi connectivity index (χ4v) is 3.39. The Bertz CT molecular complexity index is 561. The number of imidazole rings is 1. The molecule has 0 saturated carbocycles. The SMILES string of the molecule is CCCNC(C)c1cnc(N2CCn3ccnc3C2)s1. The van der Waals surface area contributed by atoms with Crippen LogP contribution in [0.15, 0.2) is 18.6 Å².